The van der Waals surface area contributed by atoms with Gasteiger partial charge in [0.1, 0.15) is 0 Å². The normalized spacial score (nSPS) is 16.3. The largest absolute Gasteiger partial charge is 0.442 e. The molecule has 0 atom stereocenters. The van der Waals surface area contributed by atoms with Crippen molar-refractivity contribution in [2.75, 3.05) is 26.3 Å². The lowest BCUT2D eigenvalue weighted by molar-refractivity contribution is -0.157. The first kappa shape index (κ1) is 18.9. The third-order valence-corrected chi connectivity index (χ3v) is 4.16. The van der Waals surface area contributed by atoms with Crippen LogP contribution in [0.25, 0.3) is 0 Å². The maximum Gasteiger partial charge on any atom is 0.313 e. The van der Waals surface area contributed by atoms with Crippen molar-refractivity contribution >= 4 is 5.97 Å². The van der Waals surface area contributed by atoms with Crippen molar-refractivity contribution in [3.63, 3.8) is 0 Å². The van der Waals surface area contributed by atoms with E-state index in [1.807, 2.05) is 20.8 Å². The molecular formula is C17H30N4O3. The molecule has 7 nitrogen and oxygen atoms in total. The van der Waals surface area contributed by atoms with Crippen LogP contribution in [0.3, 0.4) is 0 Å². The maximum absolute atomic E-state index is 11.7. The molecule has 7 heteroatoms. The Morgan fingerprint density at radius 2 is 2.08 bits per heavy atom. The minimum Gasteiger partial charge on any atom is -0.442 e. The maximum atomic E-state index is 11.7. The first-order chi connectivity index (χ1) is 11.4. The van der Waals surface area contributed by atoms with Crippen molar-refractivity contribution in [2.24, 2.45) is 11.3 Å². The summed E-state index contributed by atoms with van der Waals surface area (Å²) in [5, 5.41) is 11.4. The third kappa shape index (κ3) is 6.57. The molecule has 2 heterocycles. The van der Waals surface area contributed by atoms with Crippen molar-refractivity contribution < 1.29 is 14.3 Å². The Kier molecular flexibility index (Phi) is 7.17. The van der Waals surface area contributed by atoms with Crippen molar-refractivity contribution in [3.05, 3.63) is 11.9 Å². The molecule has 0 spiro atoms. The van der Waals surface area contributed by atoms with E-state index in [4.69, 9.17) is 9.47 Å². The zero-order valence-electron chi connectivity index (χ0n) is 15.1. The fourth-order valence-corrected chi connectivity index (χ4v) is 2.56. The topological polar surface area (TPSA) is 78.3 Å². The molecule has 0 aromatic carbocycles. The second-order valence-corrected chi connectivity index (χ2v) is 7.40. The van der Waals surface area contributed by atoms with Gasteiger partial charge in [0.2, 0.25) is 0 Å². The van der Waals surface area contributed by atoms with E-state index in [2.05, 4.69) is 15.6 Å². The van der Waals surface area contributed by atoms with Crippen LogP contribution in [-0.2, 0) is 27.4 Å². The van der Waals surface area contributed by atoms with Gasteiger partial charge < -0.3 is 14.8 Å². The number of nitrogens with zero attached hydrogens (tertiary/aromatic N) is 3. The molecule has 0 aliphatic carbocycles. The van der Waals surface area contributed by atoms with Crippen LogP contribution >= 0.6 is 0 Å². The van der Waals surface area contributed by atoms with E-state index in [1.165, 1.54) is 17.5 Å². The molecule has 24 heavy (non-hydrogen) atoms. The Morgan fingerprint density at radius 3 is 2.79 bits per heavy atom. The first-order valence-corrected chi connectivity index (χ1v) is 8.80. The molecule has 0 radical (unpaired) electrons. The summed E-state index contributed by atoms with van der Waals surface area (Å²) in [4.78, 5) is 11.7. The standard InChI is InChI=1S/C17H30N4O3/c1-17(2,3)16(22)24-13-21-12-15(19-20-21)7-11-23-10-6-14-4-8-18-9-5-14/h12,14,18H,4-11,13H2,1-3H3. The molecule has 1 fully saturated rings. The van der Waals surface area contributed by atoms with Gasteiger partial charge in [0, 0.05) is 13.0 Å². The summed E-state index contributed by atoms with van der Waals surface area (Å²) in [5.74, 6) is 0.547. The van der Waals surface area contributed by atoms with Gasteiger partial charge in [0.25, 0.3) is 0 Å². The van der Waals surface area contributed by atoms with Crippen molar-refractivity contribution in [1.82, 2.24) is 20.3 Å². The lowest BCUT2D eigenvalue weighted by Crippen LogP contribution is -2.28. The Morgan fingerprint density at radius 1 is 1.33 bits per heavy atom. The number of hydrogen-bond acceptors (Lipinski definition) is 6. The number of piperidine rings is 1. The summed E-state index contributed by atoms with van der Waals surface area (Å²) in [6, 6.07) is 0. The Balaban J connectivity index is 1.58. The summed E-state index contributed by atoms with van der Waals surface area (Å²) < 4.78 is 12.4. The molecule has 136 valence electrons. The molecular weight excluding hydrogens is 308 g/mol. The average Bonchev–Trinajstić information content (AvgIpc) is 3.00. The van der Waals surface area contributed by atoms with E-state index < -0.39 is 5.41 Å². The van der Waals surface area contributed by atoms with E-state index in [0.29, 0.717) is 6.61 Å². The van der Waals surface area contributed by atoms with Crippen LogP contribution < -0.4 is 5.32 Å². The summed E-state index contributed by atoms with van der Waals surface area (Å²) >= 11 is 0. The molecule has 1 N–H and O–H groups in total. The van der Waals surface area contributed by atoms with Gasteiger partial charge in [-0.05, 0) is 59.0 Å². The molecule has 0 bridgehead atoms. The summed E-state index contributed by atoms with van der Waals surface area (Å²) in [6.07, 6.45) is 6.17. The predicted octanol–water partition coefficient (Wildman–Crippen LogP) is 1.77. The summed E-state index contributed by atoms with van der Waals surface area (Å²) in [7, 11) is 0. The van der Waals surface area contributed by atoms with Crippen LogP contribution in [-0.4, -0.2) is 47.3 Å². The minimum atomic E-state index is -0.508. The highest BCUT2D eigenvalue weighted by Gasteiger charge is 2.23. The molecule has 0 unspecified atom stereocenters. The third-order valence-electron chi connectivity index (χ3n) is 4.16. The smallest absolute Gasteiger partial charge is 0.313 e. The number of aromatic nitrogens is 3. The molecule has 0 amide bonds. The zero-order valence-corrected chi connectivity index (χ0v) is 15.1. The van der Waals surface area contributed by atoms with Gasteiger partial charge in [-0.3, -0.25) is 4.79 Å². The molecule has 2 rings (SSSR count). The second kappa shape index (κ2) is 9.13. The fourth-order valence-electron chi connectivity index (χ4n) is 2.56. The number of ether oxygens (including phenoxy) is 2. The lowest BCUT2D eigenvalue weighted by Gasteiger charge is -2.22. The lowest BCUT2D eigenvalue weighted by atomic mass is 9.95. The highest BCUT2D eigenvalue weighted by atomic mass is 16.5. The Labute approximate surface area is 144 Å². The van der Waals surface area contributed by atoms with Crippen LogP contribution in [0.2, 0.25) is 0 Å². The average molecular weight is 338 g/mol. The Bertz CT molecular complexity index is 504. The van der Waals surface area contributed by atoms with E-state index >= 15 is 0 Å². The highest BCUT2D eigenvalue weighted by molar-refractivity contribution is 5.75. The second-order valence-electron chi connectivity index (χ2n) is 7.40. The van der Waals surface area contributed by atoms with Gasteiger partial charge >= 0.3 is 5.97 Å². The fraction of sp³-hybridized carbons (Fsp3) is 0.824. The van der Waals surface area contributed by atoms with Gasteiger partial charge in [0.15, 0.2) is 6.73 Å². The minimum absolute atomic E-state index is 0.0969. The molecule has 1 aliphatic heterocycles. The van der Waals surface area contributed by atoms with E-state index in [1.54, 1.807) is 6.20 Å². The number of rotatable bonds is 8. The van der Waals surface area contributed by atoms with E-state index in [9.17, 15) is 4.79 Å². The highest BCUT2D eigenvalue weighted by Crippen LogP contribution is 2.16. The predicted molar refractivity (Wildman–Crippen MR) is 90.3 cm³/mol. The van der Waals surface area contributed by atoms with Crippen LogP contribution in [0.15, 0.2) is 6.20 Å². The van der Waals surface area contributed by atoms with Crippen molar-refractivity contribution in [3.8, 4) is 0 Å². The monoisotopic (exact) mass is 338 g/mol. The molecule has 0 saturated carbocycles. The summed E-state index contributed by atoms with van der Waals surface area (Å²) in [5.41, 5.74) is 0.342. The van der Waals surface area contributed by atoms with Gasteiger partial charge in [-0.1, -0.05) is 5.21 Å². The summed E-state index contributed by atoms with van der Waals surface area (Å²) in [6.45, 7) is 9.28. The number of esters is 1. The first-order valence-electron chi connectivity index (χ1n) is 8.80. The molecule has 1 saturated heterocycles. The Hall–Kier alpha value is -1.47. The molecule has 1 aromatic rings. The number of carbonyl (C=O) groups excluding carboxylic acids is 1. The number of carbonyl (C=O) groups is 1. The number of nitrogens with one attached hydrogen (secondary N) is 1. The van der Waals surface area contributed by atoms with Crippen LogP contribution in [0, 0.1) is 11.3 Å². The van der Waals surface area contributed by atoms with Gasteiger partial charge in [-0.25, -0.2) is 4.68 Å². The van der Waals surface area contributed by atoms with Crippen molar-refractivity contribution in [2.45, 2.75) is 53.2 Å². The van der Waals surface area contributed by atoms with Gasteiger partial charge in [-0.2, -0.15) is 0 Å². The van der Waals surface area contributed by atoms with Crippen molar-refractivity contribution in [1.29, 1.82) is 0 Å². The molecule has 1 aliphatic rings. The van der Waals surface area contributed by atoms with Gasteiger partial charge in [-0.15, -0.1) is 5.10 Å². The van der Waals surface area contributed by atoms with Crippen LogP contribution in [0.5, 0.6) is 0 Å². The van der Waals surface area contributed by atoms with E-state index in [0.717, 1.165) is 44.1 Å². The number of hydrogen-bond donors (Lipinski definition) is 1. The van der Waals surface area contributed by atoms with E-state index in [-0.39, 0.29) is 12.7 Å². The quantitative estimate of drug-likeness (QED) is 0.575. The van der Waals surface area contributed by atoms with Crippen LogP contribution in [0.1, 0.15) is 45.7 Å². The molecule has 1 aromatic heterocycles. The van der Waals surface area contributed by atoms with Gasteiger partial charge in [0.05, 0.1) is 23.9 Å². The van der Waals surface area contributed by atoms with Crippen LogP contribution in [0.4, 0.5) is 0 Å². The SMILES string of the molecule is CC(C)(C)C(=O)OCn1cc(CCOCCC2CCNCC2)nn1. The zero-order chi connectivity index (χ0) is 17.4.